The van der Waals surface area contributed by atoms with Crippen LogP contribution in [0.15, 0.2) is 21.0 Å². The van der Waals surface area contributed by atoms with Crippen molar-refractivity contribution < 1.29 is 26.4 Å². The van der Waals surface area contributed by atoms with E-state index in [4.69, 9.17) is 33.8 Å². The van der Waals surface area contributed by atoms with Crippen LogP contribution < -0.4 is 10.8 Å². The molecular weight excluding hydrogens is 404 g/mol. The molecule has 2 aromatic heterocycles. The molecule has 0 spiro atoms. The number of nitrogens with zero attached hydrogens (tertiary/aromatic N) is 4. The molecule has 142 valence electrons. The summed E-state index contributed by atoms with van der Waals surface area (Å²) in [7, 11) is 0. The van der Waals surface area contributed by atoms with E-state index in [1.807, 2.05) is 0 Å². The Balaban J connectivity index is 2.37. The molecule has 10 heteroatoms. The maximum atomic E-state index is 15.2. The van der Waals surface area contributed by atoms with Crippen LogP contribution in [0.5, 0.6) is 0 Å². The molecule has 2 heterocycles. The molecule has 0 bridgehead atoms. The molecule has 0 atom stereocenters. The van der Waals surface area contributed by atoms with E-state index in [0.717, 1.165) is 12.1 Å². The van der Waals surface area contributed by atoms with Crippen molar-refractivity contribution in [3.05, 3.63) is 80.5 Å². The summed E-state index contributed by atoms with van der Waals surface area (Å²) in [5, 5.41) is 5.86. The van der Waals surface area contributed by atoms with Gasteiger partial charge in [0.05, 0.1) is 34.2 Å². The van der Waals surface area contributed by atoms with Crippen LogP contribution in [0.1, 0.15) is 0 Å². The topological polar surface area (TPSA) is 63.1 Å². The zero-order valence-electron chi connectivity index (χ0n) is 14.3. The second-order valence-electron chi connectivity index (χ2n) is 5.83. The molecule has 0 saturated heterocycles. The number of furan rings is 2. The highest BCUT2D eigenvalue weighted by molar-refractivity contribution is 6.10. The van der Waals surface area contributed by atoms with Crippen LogP contribution in [0.3, 0.4) is 0 Å². The summed E-state index contributed by atoms with van der Waals surface area (Å²) in [5.41, 5.74) is -2.88. The van der Waals surface area contributed by atoms with Gasteiger partial charge in [-0.2, -0.15) is 9.69 Å². The second kappa shape index (κ2) is 6.38. The molecule has 0 amide bonds. The average Bonchev–Trinajstić information content (AvgIpc) is 3.37. The third-order valence-corrected chi connectivity index (χ3v) is 4.35. The van der Waals surface area contributed by atoms with Gasteiger partial charge < -0.3 is 8.83 Å². The summed E-state index contributed by atoms with van der Waals surface area (Å²) in [6, 6.07) is 3.18. The van der Waals surface area contributed by atoms with Gasteiger partial charge in [0, 0.05) is 0 Å². The smallest absolute Gasteiger partial charge is 0.466 e. The lowest BCUT2D eigenvalue weighted by molar-refractivity contribution is 0.514. The Kier molecular flexibility index (Phi) is 3.94. The first-order valence-corrected chi connectivity index (χ1v) is 7.79. The molecule has 0 radical (unpaired) electrons. The number of halogens is 4. The summed E-state index contributed by atoms with van der Waals surface area (Å²) >= 11 is 0. The Hall–Kier alpha value is -4.80. The monoisotopic (exact) mass is 406 g/mol. The molecule has 0 aliphatic heterocycles. The normalized spacial score (nSPS) is 11.7. The van der Waals surface area contributed by atoms with Crippen molar-refractivity contribution in [3.8, 4) is 6.07 Å². The van der Waals surface area contributed by atoms with E-state index in [0.29, 0.717) is 0 Å². The fourth-order valence-electron chi connectivity index (χ4n) is 3.07. The maximum absolute atomic E-state index is 15.2. The predicted octanol–water partition coefficient (Wildman–Crippen LogP) is 4.34. The SMILES string of the molecule is [C-]#[N+]C([N+]#[C-])=c1cc2c(F)c3c(F)c(F)c4c/c(=C(\C#N)[N+]#[C-])oc4c3c(F)c2o1. The van der Waals surface area contributed by atoms with Gasteiger partial charge in [-0.05, 0) is 12.1 Å². The Morgan fingerprint density at radius 3 is 1.97 bits per heavy atom. The highest BCUT2D eigenvalue weighted by atomic mass is 19.2. The van der Waals surface area contributed by atoms with Gasteiger partial charge in [0.1, 0.15) is 30.0 Å². The van der Waals surface area contributed by atoms with E-state index in [1.165, 1.54) is 6.07 Å². The Labute approximate surface area is 163 Å². The van der Waals surface area contributed by atoms with Crippen LogP contribution in [-0.2, 0) is 0 Å². The molecule has 0 aliphatic rings. The summed E-state index contributed by atoms with van der Waals surface area (Å²) in [5.74, 6) is -6.61. The van der Waals surface area contributed by atoms with Crippen molar-refractivity contribution in [3.63, 3.8) is 0 Å². The van der Waals surface area contributed by atoms with Gasteiger partial charge in [-0.3, -0.25) is 0 Å². The molecule has 0 N–H and O–H groups in total. The quantitative estimate of drug-likeness (QED) is 0.322. The minimum absolute atomic E-state index is 0.450. The van der Waals surface area contributed by atoms with Crippen molar-refractivity contribution in [2.75, 3.05) is 0 Å². The lowest BCUT2D eigenvalue weighted by Gasteiger charge is -2.06. The van der Waals surface area contributed by atoms with E-state index in [-0.39, 0.29) is 0 Å². The van der Waals surface area contributed by atoms with Gasteiger partial charge in [0.15, 0.2) is 23.0 Å². The summed E-state index contributed by atoms with van der Waals surface area (Å²) in [6.07, 6.45) is 0. The first-order valence-electron chi connectivity index (χ1n) is 7.79. The van der Waals surface area contributed by atoms with Crippen molar-refractivity contribution in [1.29, 1.82) is 5.26 Å². The number of benzene rings is 2. The van der Waals surface area contributed by atoms with Gasteiger partial charge in [-0.1, -0.05) is 0 Å². The summed E-state index contributed by atoms with van der Waals surface area (Å²) < 4.78 is 69.9. The molecule has 0 unspecified atom stereocenters. The molecule has 6 nitrogen and oxygen atoms in total. The lowest BCUT2D eigenvalue weighted by atomic mass is 10.0. The van der Waals surface area contributed by atoms with Gasteiger partial charge in [0.2, 0.25) is 5.42 Å². The van der Waals surface area contributed by atoms with Crippen molar-refractivity contribution in [2.45, 2.75) is 0 Å². The molecule has 4 aromatic rings. The number of nitriles is 1. The highest BCUT2D eigenvalue weighted by Gasteiger charge is 2.28. The van der Waals surface area contributed by atoms with Crippen molar-refractivity contribution in [2.24, 2.45) is 0 Å². The van der Waals surface area contributed by atoms with Crippen LogP contribution in [0.25, 0.3) is 58.8 Å². The standard InChI is InChI=1S/C20H2F4N4O2/c1-26-9(6-25)10-4-8-15(22)16(23)12-13(18(8)29-10)17(24)19-7(14(12)21)5-11(30-19)20(27-2)28-3/h4-5H/b10-9-. The summed E-state index contributed by atoms with van der Waals surface area (Å²) in [6.45, 7) is 20.8. The Morgan fingerprint density at radius 1 is 0.767 bits per heavy atom. The van der Waals surface area contributed by atoms with Crippen LogP contribution in [0.2, 0.25) is 0 Å². The fourth-order valence-corrected chi connectivity index (χ4v) is 3.07. The molecule has 0 saturated carbocycles. The molecule has 2 aromatic carbocycles. The molecular formula is C20H2F4N4O2. The first-order chi connectivity index (χ1) is 14.4. The molecule has 0 aliphatic carbocycles. The third kappa shape index (κ3) is 2.26. The van der Waals surface area contributed by atoms with Crippen LogP contribution >= 0.6 is 0 Å². The lowest BCUT2D eigenvalue weighted by Crippen LogP contribution is -1.96. The van der Waals surface area contributed by atoms with E-state index >= 15 is 8.78 Å². The van der Waals surface area contributed by atoms with Crippen LogP contribution in [0.4, 0.5) is 17.6 Å². The minimum atomic E-state index is -1.72. The predicted molar refractivity (Wildman–Crippen MR) is 94.8 cm³/mol. The van der Waals surface area contributed by atoms with Gasteiger partial charge in [-0.15, -0.1) is 0 Å². The van der Waals surface area contributed by atoms with Crippen LogP contribution in [0, 0.1) is 54.3 Å². The first kappa shape index (κ1) is 18.6. The van der Waals surface area contributed by atoms with Crippen molar-refractivity contribution >= 4 is 44.2 Å². The van der Waals surface area contributed by atoms with Crippen LogP contribution in [-0.4, -0.2) is 0 Å². The Bertz CT molecular complexity index is 1700. The minimum Gasteiger partial charge on any atom is -0.466 e. The number of hydrogen-bond acceptors (Lipinski definition) is 3. The highest BCUT2D eigenvalue weighted by Crippen LogP contribution is 2.38. The molecule has 0 fully saturated rings. The zero-order valence-corrected chi connectivity index (χ0v) is 14.3. The zero-order chi connectivity index (χ0) is 21.7. The molecule has 4 rings (SSSR count). The fraction of sp³-hybridized carbons (Fsp3) is 0. The van der Waals surface area contributed by atoms with Crippen molar-refractivity contribution in [1.82, 2.24) is 0 Å². The van der Waals surface area contributed by atoms with E-state index in [2.05, 4.69) is 14.5 Å². The summed E-state index contributed by atoms with van der Waals surface area (Å²) in [4.78, 5) is 8.65. The van der Waals surface area contributed by atoms with Gasteiger partial charge in [0.25, 0.3) is 0 Å². The molecule has 30 heavy (non-hydrogen) atoms. The number of rotatable bonds is 0. The Morgan fingerprint density at radius 2 is 1.37 bits per heavy atom. The van der Waals surface area contributed by atoms with E-state index in [9.17, 15) is 8.78 Å². The number of fused-ring (bicyclic) bond motifs is 4. The van der Waals surface area contributed by atoms with E-state index in [1.54, 1.807) is 0 Å². The van der Waals surface area contributed by atoms with Gasteiger partial charge >= 0.3 is 11.5 Å². The van der Waals surface area contributed by atoms with Gasteiger partial charge in [-0.25, -0.2) is 27.7 Å². The van der Waals surface area contributed by atoms with E-state index < -0.39 is 78.3 Å². The average molecular weight is 406 g/mol. The third-order valence-electron chi connectivity index (χ3n) is 4.35. The largest absolute Gasteiger partial charge is 0.562 e. The second-order valence-corrected chi connectivity index (χ2v) is 5.83. The number of hydrogen-bond donors (Lipinski definition) is 0. The maximum Gasteiger partial charge on any atom is 0.562 e.